The SMILES string of the molecule is COC(=O)c1ccc(NCC2CC2)c(C)c1. The van der Waals surface area contributed by atoms with Crippen molar-refractivity contribution in [3.8, 4) is 0 Å². The minimum absolute atomic E-state index is 0.281. The number of esters is 1. The minimum atomic E-state index is -0.281. The fraction of sp³-hybridized carbons (Fsp3) is 0.462. The van der Waals surface area contributed by atoms with Crippen LogP contribution in [0.25, 0.3) is 0 Å². The Balaban J connectivity index is 2.05. The molecule has 1 aromatic carbocycles. The van der Waals surface area contributed by atoms with E-state index >= 15 is 0 Å². The Labute approximate surface area is 95.8 Å². The van der Waals surface area contributed by atoms with Gasteiger partial charge in [0.05, 0.1) is 12.7 Å². The van der Waals surface area contributed by atoms with Gasteiger partial charge in [-0.3, -0.25) is 0 Å². The molecule has 1 aliphatic rings. The van der Waals surface area contributed by atoms with Crippen LogP contribution in [0.1, 0.15) is 28.8 Å². The van der Waals surface area contributed by atoms with E-state index in [-0.39, 0.29) is 5.97 Å². The van der Waals surface area contributed by atoms with Crippen molar-refractivity contribution in [1.29, 1.82) is 0 Å². The van der Waals surface area contributed by atoms with Crippen molar-refractivity contribution in [3.63, 3.8) is 0 Å². The van der Waals surface area contributed by atoms with Crippen LogP contribution in [-0.4, -0.2) is 19.6 Å². The first kappa shape index (κ1) is 11.0. The highest BCUT2D eigenvalue weighted by Crippen LogP contribution is 2.29. The zero-order valence-corrected chi connectivity index (χ0v) is 9.75. The summed E-state index contributed by atoms with van der Waals surface area (Å²) in [4.78, 5) is 11.3. The Morgan fingerprint density at radius 2 is 2.25 bits per heavy atom. The zero-order valence-electron chi connectivity index (χ0n) is 9.75. The highest BCUT2D eigenvalue weighted by Gasteiger charge is 2.20. The number of nitrogens with one attached hydrogen (secondary N) is 1. The van der Waals surface area contributed by atoms with Crippen LogP contribution in [0.3, 0.4) is 0 Å². The number of anilines is 1. The molecule has 16 heavy (non-hydrogen) atoms. The second-order valence-electron chi connectivity index (χ2n) is 4.35. The van der Waals surface area contributed by atoms with Crippen LogP contribution in [0.2, 0.25) is 0 Å². The van der Waals surface area contributed by atoms with Crippen LogP contribution in [0, 0.1) is 12.8 Å². The third-order valence-electron chi connectivity index (χ3n) is 2.93. The largest absolute Gasteiger partial charge is 0.465 e. The first-order valence-electron chi connectivity index (χ1n) is 5.63. The van der Waals surface area contributed by atoms with E-state index in [1.807, 2.05) is 19.1 Å². The van der Waals surface area contributed by atoms with Crippen LogP contribution in [-0.2, 0) is 4.74 Å². The van der Waals surface area contributed by atoms with Crippen molar-refractivity contribution >= 4 is 11.7 Å². The summed E-state index contributed by atoms with van der Waals surface area (Å²) >= 11 is 0. The van der Waals surface area contributed by atoms with E-state index in [1.54, 1.807) is 6.07 Å². The first-order valence-corrected chi connectivity index (χ1v) is 5.63. The van der Waals surface area contributed by atoms with Gasteiger partial charge in [-0.1, -0.05) is 0 Å². The fourth-order valence-corrected chi connectivity index (χ4v) is 1.68. The molecule has 0 spiro atoms. The molecule has 2 rings (SSSR count). The lowest BCUT2D eigenvalue weighted by molar-refractivity contribution is 0.0600. The molecule has 86 valence electrons. The monoisotopic (exact) mass is 219 g/mol. The number of carbonyl (C=O) groups excluding carboxylic acids is 1. The molecule has 0 radical (unpaired) electrons. The summed E-state index contributed by atoms with van der Waals surface area (Å²) in [5, 5.41) is 3.41. The molecule has 0 amide bonds. The van der Waals surface area contributed by atoms with Crippen LogP contribution < -0.4 is 5.32 Å². The summed E-state index contributed by atoms with van der Waals surface area (Å²) in [5.74, 6) is 0.566. The van der Waals surface area contributed by atoms with Gasteiger partial charge in [0.1, 0.15) is 0 Å². The van der Waals surface area contributed by atoms with Gasteiger partial charge in [-0.05, 0) is 49.4 Å². The normalized spacial score (nSPS) is 14.6. The molecule has 0 aromatic heterocycles. The van der Waals surface area contributed by atoms with E-state index in [9.17, 15) is 4.79 Å². The highest BCUT2D eigenvalue weighted by atomic mass is 16.5. The van der Waals surface area contributed by atoms with Gasteiger partial charge in [0.25, 0.3) is 0 Å². The molecule has 1 aromatic rings. The number of aryl methyl sites for hydroxylation is 1. The lowest BCUT2D eigenvalue weighted by Gasteiger charge is -2.10. The predicted octanol–water partition coefficient (Wildman–Crippen LogP) is 2.60. The molecule has 3 heteroatoms. The molecule has 0 heterocycles. The summed E-state index contributed by atoms with van der Waals surface area (Å²) in [6.45, 7) is 3.04. The molecule has 0 atom stereocenters. The number of carbonyl (C=O) groups is 1. The van der Waals surface area contributed by atoms with E-state index in [1.165, 1.54) is 20.0 Å². The summed E-state index contributed by atoms with van der Waals surface area (Å²) < 4.78 is 4.68. The molecule has 0 bridgehead atoms. The van der Waals surface area contributed by atoms with Crippen LogP contribution in [0.15, 0.2) is 18.2 Å². The molecule has 0 saturated heterocycles. The standard InChI is InChI=1S/C13H17NO2/c1-9-7-11(13(15)16-2)5-6-12(9)14-8-10-3-4-10/h5-7,10,14H,3-4,8H2,1-2H3. The molecular formula is C13H17NO2. The number of ether oxygens (including phenoxy) is 1. The number of hydrogen-bond acceptors (Lipinski definition) is 3. The van der Waals surface area contributed by atoms with E-state index in [2.05, 4.69) is 10.1 Å². The van der Waals surface area contributed by atoms with Crippen molar-refractivity contribution in [2.75, 3.05) is 19.0 Å². The third-order valence-corrected chi connectivity index (χ3v) is 2.93. The van der Waals surface area contributed by atoms with Crippen LogP contribution >= 0.6 is 0 Å². The topological polar surface area (TPSA) is 38.3 Å². The van der Waals surface area contributed by atoms with E-state index in [0.29, 0.717) is 5.56 Å². The van der Waals surface area contributed by atoms with Crippen molar-refractivity contribution in [2.24, 2.45) is 5.92 Å². The van der Waals surface area contributed by atoms with Crippen molar-refractivity contribution in [3.05, 3.63) is 29.3 Å². The average Bonchev–Trinajstić information content (AvgIpc) is 3.10. The molecule has 0 aliphatic heterocycles. The first-order chi connectivity index (χ1) is 7.70. The highest BCUT2D eigenvalue weighted by molar-refractivity contribution is 5.90. The quantitative estimate of drug-likeness (QED) is 0.791. The Hall–Kier alpha value is -1.51. The molecule has 1 N–H and O–H groups in total. The van der Waals surface area contributed by atoms with Gasteiger partial charge in [0.2, 0.25) is 0 Å². The minimum Gasteiger partial charge on any atom is -0.465 e. The summed E-state index contributed by atoms with van der Waals surface area (Å²) in [7, 11) is 1.40. The lowest BCUT2D eigenvalue weighted by Crippen LogP contribution is -2.06. The van der Waals surface area contributed by atoms with Crippen molar-refractivity contribution in [1.82, 2.24) is 0 Å². The van der Waals surface area contributed by atoms with Gasteiger partial charge < -0.3 is 10.1 Å². The van der Waals surface area contributed by atoms with Gasteiger partial charge in [0.15, 0.2) is 0 Å². The lowest BCUT2D eigenvalue weighted by atomic mass is 10.1. The van der Waals surface area contributed by atoms with Gasteiger partial charge in [-0.2, -0.15) is 0 Å². The molecule has 1 aliphatic carbocycles. The van der Waals surface area contributed by atoms with Crippen LogP contribution in [0.5, 0.6) is 0 Å². The maximum atomic E-state index is 11.3. The Morgan fingerprint density at radius 1 is 1.50 bits per heavy atom. The molecule has 3 nitrogen and oxygen atoms in total. The second kappa shape index (κ2) is 4.56. The number of rotatable bonds is 4. The van der Waals surface area contributed by atoms with Gasteiger partial charge >= 0.3 is 5.97 Å². The zero-order chi connectivity index (χ0) is 11.5. The Bertz CT molecular complexity index is 397. The van der Waals surface area contributed by atoms with Crippen LogP contribution in [0.4, 0.5) is 5.69 Å². The van der Waals surface area contributed by atoms with Crippen molar-refractivity contribution < 1.29 is 9.53 Å². The number of methoxy groups -OCH3 is 1. The maximum absolute atomic E-state index is 11.3. The molecular weight excluding hydrogens is 202 g/mol. The van der Waals surface area contributed by atoms with Gasteiger partial charge in [-0.15, -0.1) is 0 Å². The van der Waals surface area contributed by atoms with E-state index < -0.39 is 0 Å². The van der Waals surface area contributed by atoms with E-state index in [4.69, 9.17) is 0 Å². The Kier molecular flexibility index (Phi) is 3.13. The Morgan fingerprint density at radius 3 is 2.81 bits per heavy atom. The summed E-state index contributed by atoms with van der Waals surface area (Å²) in [5.41, 5.74) is 2.81. The second-order valence-corrected chi connectivity index (χ2v) is 4.35. The molecule has 1 fully saturated rings. The maximum Gasteiger partial charge on any atom is 0.337 e. The predicted molar refractivity (Wildman–Crippen MR) is 63.7 cm³/mol. The summed E-state index contributed by atoms with van der Waals surface area (Å²) in [6, 6.07) is 5.61. The van der Waals surface area contributed by atoms with E-state index in [0.717, 1.165) is 23.7 Å². The number of hydrogen-bond donors (Lipinski definition) is 1. The van der Waals surface area contributed by atoms with Gasteiger partial charge in [-0.25, -0.2) is 4.79 Å². The third kappa shape index (κ3) is 2.54. The molecule has 1 saturated carbocycles. The fourth-order valence-electron chi connectivity index (χ4n) is 1.68. The number of benzene rings is 1. The average molecular weight is 219 g/mol. The smallest absolute Gasteiger partial charge is 0.337 e. The summed E-state index contributed by atoms with van der Waals surface area (Å²) in [6.07, 6.45) is 2.68. The van der Waals surface area contributed by atoms with Crippen molar-refractivity contribution in [2.45, 2.75) is 19.8 Å². The molecule has 0 unspecified atom stereocenters. The van der Waals surface area contributed by atoms with Gasteiger partial charge in [0, 0.05) is 12.2 Å².